The molecule has 0 aromatic heterocycles. The van der Waals surface area contributed by atoms with Gasteiger partial charge in [-0.2, -0.15) is 0 Å². The molecule has 0 aliphatic carbocycles. The van der Waals surface area contributed by atoms with Gasteiger partial charge in [0.25, 0.3) is 0 Å². The molecule has 4 heteroatoms. The van der Waals surface area contributed by atoms with Crippen LogP contribution in [0, 0.1) is 0 Å². The third-order valence-corrected chi connectivity index (χ3v) is 3.54. The normalized spacial score (nSPS) is 14.5. The average molecular weight is 290 g/mol. The molecule has 0 amide bonds. The van der Waals surface area contributed by atoms with Crippen molar-refractivity contribution in [2.75, 3.05) is 13.7 Å². The van der Waals surface area contributed by atoms with Crippen molar-refractivity contribution in [2.45, 2.75) is 38.8 Å². The van der Waals surface area contributed by atoms with Crippen LogP contribution in [-0.2, 0) is 4.74 Å². The van der Waals surface area contributed by atoms with Gasteiger partial charge in [-0.1, -0.05) is 43.5 Å². The van der Waals surface area contributed by atoms with Crippen LogP contribution in [0.1, 0.15) is 38.3 Å². The fourth-order valence-corrected chi connectivity index (χ4v) is 2.54. The third-order valence-electron chi connectivity index (χ3n) is 2.96. The number of halogens is 2. The molecule has 0 aliphatic heterocycles. The van der Waals surface area contributed by atoms with Gasteiger partial charge in [0.05, 0.1) is 12.1 Å². The largest absolute Gasteiger partial charge is 0.379 e. The van der Waals surface area contributed by atoms with E-state index in [1.807, 2.05) is 12.1 Å². The summed E-state index contributed by atoms with van der Waals surface area (Å²) in [6, 6.07) is 5.63. The van der Waals surface area contributed by atoms with E-state index < -0.39 is 0 Å². The van der Waals surface area contributed by atoms with E-state index in [-0.39, 0.29) is 12.1 Å². The van der Waals surface area contributed by atoms with E-state index in [0.717, 1.165) is 30.0 Å². The first-order valence-corrected chi connectivity index (χ1v) is 7.10. The molecule has 18 heavy (non-hydrogen) atoms. The molecule has 0 bridgehead atoms. The van der Waals surface area contributed by atoms with Gasteiger partial charge in [-0.05, 0) is 36.7 Å². The Labute approximate surface area is 120 Å². The van der Waals surface area contributed by atoms with Gasteiger partial charge in [-0.3, -0.25) is 0 Å². The Morgan fingerprint density at radius 1 is 1.28 bits per heavy atom. The molecule has 0 heterocycles. The second-order valence-electron chi connectivity index (χ2n) is 4.26. The van der Waals surface area contributed by atoms with Crippen molar-refractivity contribution in [3.05, 3.63) is 33.8 Å². The van der Waals surface area contributed by atoms with Crippen molar-refractivity contribution >= 4 is 23.2 Å². The Morgan fingerprint density at radius 2 is 2.00 bits per heavy atom. The van der Waals surface area contributed by atoms with Crippen molar-refractivity contribution in [1.82, 2.24) is 5.32 Å². The Kier molecular flexibility index (Phi) is 7.02. The molecule has 102 valence electrons. The summed E-state index contributed by atoms with van der Waals surface area (Å²) in [7, 11) is 1.74. The first kappa shape index (κ1) is 15.8. The molecular weight excluding hydrogens is 269 g/mol. The summed E-state index contributed by atoms with van der Waals surface area (Å²) in [6.45, 7) is 5.08. The number of rotatable bonds is 7. The summed E-state index contributed by atoms with van der Waals surface area (Å²) in [5, 5.41) is 4.86. The molecule has 1 aromatic carbocycles. The molecule has 1 N–H and O–H groups in total. The van der Waals surface area contributed by atoms with Crippen LogP contribution in [0.25, 0.3) is 0 Å². The molecule has 2 atom stereocenters. The van der Waals surface area contributed by atoms with E-state index in [9.17, 15) is 0 Å². The second-order valence-corrected chi connectivity index (χ2v) is 5.11. The van der Waals surface area contributed by atoms with Crippen LogP contribution in [0.4, 0.5) is 0 Å². The van der Waals surface area contributed by atoms with Crippen molar-refractivity contribution in [3.63, 3.8) is 0 Å². The molecular formula is C14H21Cl2NO. The molecule has 0 saturated carbocycles. The zero-order valence-electron chi connectivity index (χ0n) is 11.2. The van der Waals surface area contributed by atoms with Crippen LogP contribution in [0.3, 0.4) is 0 Å². The Balaban J connectivity index is 3.05. The zero-order valence-corrected chi connectivity index (χ0v) is 12.7. The predicted octanol–water partition coefficient (Wildman–Crippen LogP) is 4.46. The number of hydrogen-bond acceptors (Lipinski definition) is 2. The van der Waals surface area contributed by atoms with Gasteiger partial charge in [0.2, 0.25) is 0 Å². The van der Waals surface area contributed by atoms with Crippen molar-refractivity contribution in [1.29, 1.82) is 0 Å². The summed E-state index contributed by atoms with van der Waals surface area (Å²) < 4.78 is 5.59. The number of methoxy groups -OCH3 is 1. The SMILES string of the molecule is CCCC(OC)C(NCC)c1cc(Cl)ccc1Cl. The van der Waals surface area contributed by atoms with Gasteiger partial charge in [-0.25, -0.2) is 0 Å². The Morgan fingerprint density at radius 3 is 2.56 bits per heavy atom. The lowest BCUT2D eigenvalue weighted by molar-refractivity contribution is 0.0611. The highest BCUT2D eigenvalue weighted by Crippen LogP contribution is 2.30. The minimum atomic E-state index is 0.0751. The highest BCUT2D eigenvalue weighted by atomic mass is 35.5. The van der Waals surface area contributed by atoms with Crippen LogP contribution < -0.4 is 5.32 Å². The van der Waals surface area contributed by atoms with E-state index in [2.05, 4.69) is 19.2 Å². The summed E-state index contributed by atoms with van der Waals surface area (Å²) in [4.78, 5) is 0. The summed E-state index contributed by atoms with van der Waals surface area (Å²) in [5.74, 6) is 0. The molecule has 0 radical (unpaired) electrons. The van der Waals surface area contributed by atoms with Gasteiger partial charge >= 0.3 is 0 Å². The first-order valence-electron chi connectivity index (χ1n) is 6.35. The minimum Gasteiger partial charge on any atom is -0.379 e. The monoisotopic (exact) mass is 289 g/mol. The van der Waals surface area contributed by atoms with Gasteiger partial charge in [0.15, 0.2) is 0 Å². The molecule has 0 saturated heterocycles. The zero-order chi connectivity index (χ0) is 13.5. The van der Waals surface area contributed by atoms with E-state index in [0.29, 0.717) is 5.02 Å². The van der Waals surface area contributed by atoms with E-state index in [4.69, 9.17) is 27.9 Å². The maximum atomic E-state index is 6.27. The fraction of sp³-hybridized carbons (Fsp3) is 0.571. The topological polar surface area (TPSA) is 21.3 Å². The first-order chi connectivity index (χ1) is 8.63. The van der Waals surface area contributed by atoms with Gasteiger partial charge in [0, 0.05) is 17.2 Å². The van der Waals surface area contributed by atoms with Crippen molar-refractivity contribution in [3.8, 4) is 0 Å². The number of ether oxygens (including phenoxy) is 1. The minimum absolute atomic E-state index is 0.0751. The van der Waals surface area contributed by atoms with E-state index >= 15 is 0 Å². The Hall–Kier alpha value is -0.280. The molecule has 0 spiro atoms. The van der Waals surface area contributed by atoms with Crippen LogP contribution in [0.2, 0.25) is 10.0 Å². The molecule has 1 rings (SSSR count). The highest BCUT2D eigenvalue weighted by molar-refractivity contribution is 6.33. The van der Waals surface area contributed by atoms with Gasteiger partial charge < -0.3 is 10.1 Å². The molecule has 1 aromatic rings. The number of likely N-dealkylation sites (N-methyl/N-ethyl adjacent to an activating group) is 1. The summed E-state index contributed by atoms with van der Waals surface area (Å²) >= 11 is 12.3. The molecule has 2 nitrogen and oxygen atoms in total. The summed E-state index contributed by atoms with van der Waals surface area (Å²) in [5.41, 5.74) is 1.01. The maximum absolute atomic E-state index is 6.27. The van der Waals surface area contributed by atoms with Crippen molar-refractivity contribution < 1.29 is 4.74 Å². The lowest BCUT2D eigenvalue weighted by Crippen LogP contribution is -2.33. The fourth-order valence-electron chi connectivity index (χ4n) is 2.12. The Bertz CT molecular complexity index is 371. The van der Waals surface area contributed by atoms with Crippen LogP contribution in [-0.4, -0.2) is 19.8 Å². The smallest absolute Gasteiger partial charge is 0.0766 e. The average Bonchev–Trinajstić information content (AvgIpc) is 2.37. The lowest BCUT2D eigenvalue weighted by atomic mass is 9.98. The molecule has 0 aliphatic rings. The third kappa shape index (κ3) is 4.13. The second kappa shape index (κ2) is 8.00. The highest BCUT2D eigenvalue weighted by Gasteiger charge is 2.23. The molecule has 0 fully saturated rings. The summed E-state index contributed by atoms with van der Waals surface area (Å²) in [6.07, 6.45) is 2.15. The van der Waals surface area contributed by atoms with Gasteiger partial charge in [0.1, 0.15) is 0 Å². The van der Waals surface area contributed by atoms with Gasteiger partial charge in [-0.15, -0.1) is 0 Å². The predicted molar refractivity (Wildman–Crippen MR) is 78.6 cm³/mol. The standard InChI is InChI=1S/C14H21Cl2NO/c1-4-6-13(18-3)14(17-5-2)11-9-10(15)7-8-12(11)16/h7-9,13-14,17H,4-6H2,1-3H3. The number of benzene rings is 1. The molecule has 2 unspecified atom stereocenters. The van der Waals surface area contributed by atoms with E-state index in [1.165, 1.54) is 0 Å². The number of hydrogen-bond donors (Lipinski definition) is 1. The quantitative estimate of drug-likeness (QED) is 0.800. The maximum Gasteiger partial charge on any atom is 0.0766 e. The lowest BCUT2D eigenvalue weighted by Gasteiger charge is -2.28. The van der Waals surface area contributed by atoms with Crippen LogP contribution in [0.5, 0.6) is 0 Å². The van der Waals surface area contributed by atoms with Crippen LogP contribution in [0.15, 0.2) is 18.2 Å². The van der Waals surface area contributed by atoms with Crippen LogP contribution >= 0.6 is 23.2 Å². The van der Waals surface area contributed by atoms with Crippen molar-refractivity contribution in [2.24, 2.45) is 0 Å². The van der Waals surface area contributed by atoms with E-state index in [1.54, 1.807) is 13.2 Å². The number of nitrogens with one attached hydrogen (secondary N) is 1.